The van der Waals surface area contributed by atoms with E-state index in [0.717, 1.165) is 6.20 Å². The van der Waals surface area contributed by atoms with Gasteiger partial charge in [0.15, 0.2) is 20.1 Å². The van der Waals surface area contributed by atoms with E-state index < -0.39 is 27.0 Å². The van der Waals surface area contributed by atoms with Gasteiger partial charge in [0, 0.05) is 13.1 Å². The van der Waals surface area contributed by atoms with Gasteiger partial charge >= 0.3 is 6.09 Å². The molecule has 166 valence electrons. The van der Waals surface area contributed by atoms with Gasteiger partial charge in [-0.05, 0) is 49.3 Å². The molecule has 0 spiro atoms. The number of carbonyl (C=O) groups excluding carboxylic acids is 1. The van der Waals surface area contributed by atoms with Gasteiger partial charge in [-0.3, -0.25) is 4.79 Å². The molecule has 31 heavy (non-hydrogen) atoms. The van der Waals surface area contributed by atoms with E-state index in [1.165, 1.54) is 17.0 Å². The highest BCUT2D eigenvalue weighted by Crippen LogP contribution is 2.35. The lowest BCUT2D eigenvalue weighted by Gasteiger charge is -2.20. The molecular formula is C20H22FN3O5S2. The third kappa shape index (κ3) is 4.87. The zero-order valence-electron chi connectivity index (χ0n) is 16.5. The Balaban J connectivity index is 1.55. The largest absolute Gasteiger partial charge is 0.465 e. The van der Waals surface area contributed by atoms with Crippen LogP contribution in [0.1, 0.15) is 37.2 Å². The van der Waals surface area contributed by atoms with Crippen molar-refractivity contribution in [1.82, 2.24) is 9.88 Å². The number of rotatable bonds is 7. The minimum absolute atomic E-state index is 0.0187. The number of benzene rings is 1. The first-order valence-electron chi connectivity index (χ1n) is 9.98. The number of carboxylic acid groups (broad SMARTS) is 1. The monoisotopic (exact) mass is 467 g/mol. The lowest BCUT2D eigenvalue weighted by molar-refractivity contribution is -0.118. The number of hydrogen-bond acceptors (Lipinski definition) is 6. The van der Waals surface area contributed by atoms with Crippen LogP contribution in [0.5, 0.6) is 0 Å². The molecule has 1 unspecified atom stereocenters. The molecule has 1 saturated carbocycles. The van der Waals surface area contributed by atoms with Crippen LogP contribution in [0.15, 0.2) is 35.4 Å². The first-order valence-corrected chi connectivity index (χ1v) is 12.3. The molecule has 1 aliphatic carbocycles. The number of anilines is 1. The normalized spacial score (nSPS) is 19.9. The third-order valence-electron chi connectivity index (χ3n) is 5.72. The van der Waals surface area contributed by atoms with Crippen LogP contribution in [-0.4, -0.2) is 53.7 Å². The van der Waals surface area contributed by atoms with Crippen LogP contribution in [-0.2, 0) is 14.6 Å². The molecule has 2 amide bonds. The van der Waals surface area contributed by atoms with Crippen LogP contribution in [0, 0.1) is 11.0 Å². The van der Waals surface area contributed by atoms with Gasteiger partial charge in [0.1, 0.15) is 0 Å². The lowest BCUT2D eigenvalue weighted by atomic mass is 9.87. The molecule has 1 aliphatic heterocycles. The minimum atomic E-state index is -3.34. The molecule has 2 atom stereocenters. The van der Waals surface area contributed by atoms with Gasteiger partial charge in [-0.2, -0.15) is 4.39 Å². The zero-order chi connectivity index (χ0) is 22.2. The number of aromatic nitrogens is 1. The Hall–Kier alpha value is -2.53. The standard InChI is InChI=1S/C20H22FN3O5S2/c21-17-10-22-19(30-17)23-18(25)16(9-12-7-8-24(11-12)20(26)27)13-1-3-14(4-2-13)31(28,29)15-5-6-15/h1-4,10,12,15-16H,5-9,11H2,(H,26,27)(H,22,23,25)/t12?,16-/m1/s1. The Bertz CT molecular complexity index is 1080. The number of hydrogen-bond donors (Lipinski definition) is 2. The zero-order valence-corrected chi connectivity index (χ0v) is 18.2. The predicted molar refractivity (Wildman–Crippen MR) is 112 cm³/mol. The van der Waals surface area contributed by atoms with Gasteiger partial charge in [0.2, 0.25) is 5.91 Å². The maximum absolute atomic E-state index is 13.3. The second kappa shape index (κ2) is 8.54. The van der Waals surface area contributed by atoms with Crippen LogP contribution in [0.25, 0.3) is 0 Å². The maximum Gasteiger partial charge on any atom is 0.407 e. The molecule has 1 saturated heterocycles. The number of nitrogens with one attached hydrogen (secondary N) is 1. The van der Waals surface area contributed by atoms with E-state index in [1.807, 2.05) is 0 Å². The van der Waals surface area contributed by atoms with E-state index in [0.29, 0.717) is 55.7 Å². The number of carbonyl (C=O) groups is 2. The molecular weight excluding hydrogens is 445 g/mol. The number of sulfone groups is 1. The highest BCUT2D eigenvalue weighted by Gasteiger charge is 2.37. The molecule has 1 aromatic carbocycles. The van der Waals surface area contributed by atoms with E-state index in [-0.39, 0.29) is 27.1 Å². The fraction of sp³-hybridized carbons (Fsp3) is 0.450. The highest BCUT2D eigenvalue weighted by molar-refractivity contribution is 7.92. The molecule has 2 fully saturated rings. The fourth-order valence-corrected chi connectivity index (χ4v) is 6.10. The van der Waals surface area contributed by atoms with Crippen LogP contribution in [0.3, 0.4) is 0 Å². The highest BCUT2D eigenvalue weighted by atomic mass is 32.2. The molecule has 8 nitrogen and oxygen atoms in total. The fourth-order valence-electron chi connectivity index (χ4n) is 3.89. The SMILES string of the molecule is O=C(Nc1ncc(F)s1)[C@H](CC1CCN(C(=O)O)C1)c1ccc(S(=O)(=O)C2CC2)cc1. The predicted octanol–water partition coefficient (Wildman–Crippen LogP) is 3.33. The smallest absolute Gasteiger partial charge is 0.407 e. The van der Waals surface area contributed by atoms with Crippen molar-refractivity contribution in [2.24, 2.45) is 5.92 Å². The van der Waals surface area contributed by atoms with Gasteiger partial charge in [0.05, 0.1) is 22.3 Å². The summed E-state index contributed by atoms with van der Waals surface area (Å²) in [5, 5.41) is 11.1. The Morgan fingerprint density at radius 3 is 2.52 bits per heavy atom. The molecule has 2 aromatic rings. The average Bonchev–Trinajstić information content (AvgIpc) is 3.37. The van der Waals surface area contributed by atoms with Crippen molar-refractivity contribution >= 4 is 38.3 Å². The van der Waals surface area contributed by atoms with Crippen molar-refractivity contribution in [2.45, 2.75) is 41.7 Å². The van der Waals surface area contributed by atoms with Crippen LogP contribution < -0.4 is 5.32 Å². The third-order valence-corrected chi connectivity index (χ3v) is 8.70. The molecule has 2 aliphatic rings. The summed E-state index contributed by atoms with van der Waals surface area (Å²) in [6.45, 7) is 0.740. The molecule has 0 bridgehead atoms. The van der Waals surface area contributed by atoms with Crippen molar-refractivity contribution in [2.75, 3.05) is 18.4 Å². The maximum atomic E-state index is 13.3. The van der Waals surface area contributed by atoms with Crippen LogP contribution in [0.2, 0.25) is 0 Å². The molecule has 11 heteroatoms. The Morgan fingerprint density at radius 1 is 1.26 bits per heavy atom. The van der Waals surface area contributed by atoms with Gasteiger partial charge in [-0.1, -0.05) is 23.5 Å². The van der Waals surface area contributed by atoms with E-state index >= 15 is 0 Å². The van der Waals surface area contributed by atoms with E-state index in [1.54, 1.807) is 12.1 Å². The van der Waals surface area contributed by atoms with Crippen molar-refractivity contribution in [3.8, 4) is 0 Å². The summed E-state index contributed by atoms with van der Waals surface area (Å²) in [6, 6.07) is 6.30. The van der Waals surface area contributed by atoms with Crippen molar-refractivity contribution in [3.63, 3.8) is 0 Å². The number of amides is 2. The van der Waals surface area contributed by atoms with Gasteiger partial charge in [-0.15, -0.1) is 0 Å². The summed E-state index contributed by atoms with van der Waals surface area (Å²) in [4.78, 5) is 29.6. The van der Waals surface area contributed by atoms with Crippen molar-refractivity contribution in [3.05, 3.63) is 41.2 Å². The Kier molecular flexibility index (Phi) is 5.98. The molecule has 4 rings (SSSR count). The second-order valence-electron chi connectivity index (χ2n) is 7.94. The first-order chi connectivity index (χ1) is 14.7. The average molecular weight is 468 g/mol. The summed E-state index contributed by atoms with van der Waals surface area (Å²) < 4.78 is 38.2. The van der Waals surface area contributed by atoms with Gasteiger partial charge in [0.25, 0.3) is 0 Å². The minimum Gasteiger partial charge on any atom is -0.465 e. The number of thiazole rings is 1. The Morgan fingerprint density at radius 2 is 1.97 bits per heavy atom. The topological polar surface area (TPSA) is 117 Å². The first kappa shape index (κ1) is 21.7. The summed E-state index contributed by atoms with van der Waals surface area (Å²) in [6.07, 6.45) is 2.39. The summed E-state index contributed by atoms with van der Waals surface area (Å²) in [5.41, 5.74) is 0.623. The van der Waals surface area contributed by atoms with E-state index in [9.17, 15) is 27.5 Å². The molecule has 2 N–H and O–H groups in total. The van der Waals surface area contributed by atoms with Gasteiger partial charge in [-0.25, -0.2) is 18.2 Å². The summed E-state index contributed by atoms with van der Waals surface area (Å²) in [7, 11) is -3.34. The van der Waals surface area contributed by atoms with Crippen LogP contribution in [0.4, 0.5) is 14.3 Å². The van der Waals surface area contributed by atoms with Crippen LogP contribution >= 0.6 is 11.3 Å². The van der Waals surface area contributed by atoms with Gasteiger partial charge < -0.3 is 15.3 Å². The summed E-state index contributed by atoms with van der Waals surface area (Å²) in [5.74, 6) is -1.06. The Labute approximate surface area is 183 Å². The molecule has 2 heterocycles. The van der Waals surface area contributed by atoms with E-state index in [2.05, 4.69) is 10.3 Å². The molecule has 1 aromatic heterocycles. The summed E-state index contributed by atoms with van der Waals surface area (Å²) >= 11 is 0.717. The number of likely N-dealkylation sites (tertiary alicyclic amines) is 1. The number of nitrogens with zero attached hydrogens (tertiary/aromatic N) is 2. The second-order valence-corrected chi connectivity index (χ2v) is 11.2. The lowest BCUT2D eigenvalue weighted by Crippen LogP contribution is -2.28. The van der Waals surface area contributed by atoms with E-state index in [4.69, 9.17) is 0 Å². The number of halogens is 1. The molecule has 0 radical (unpaired) electrons. The van der Waals surface area contributed by atoms with Crippen molar-refractivity contribution < 1.29 is 27.5 Å². The van der Waals surface area contributed by atoms with Crippen molar-refractivity contribution in [1.29, 1.82) is 0 Å². The quantitative estimate of drug-likeness (QED) is 0.645.